The molecule has 2 aromatic rings. The highest BCUT2D eigenvalue weighted by Crippen LogP contribution is 2.32. The summed E-state index contributed by atoms with van der Waals surface area (Å²) in [6.07, 6.45) is 1.68. The number of aliphatic hydroxyl groups excluding tert-OH is 2. The van der Waals surface area contributed by atoms with Crippen LogP contribution in [0.5, 0.6) is 0 Å². The second-order valence-electron chi connectivity index (χ2n) is 5.71. The van der Waals surface area contributed by atoms with Gasteiger partial charge in [-0.1, -0.05) is 66.7 Å². The van der Waals surface area contributed by atoms with Gasteiger partial charge in [-0.15, -0.1) is 0 Å². The van der Waals surface area contributed by atoms with E-state index in [4.69, 9.17) is 0 Å². The van der Waals surface area contributed by atoms with Gasteiger partial charge in [-0.25, -0.2) is 0 Å². The molecule has 124 valence electrons. The van der Waals surface area contributed by atoms with Crippen molar-refractivity contribution < 1.29 is 19.8 Å². The molecular weight excluding hydrogens is 316 g/mol. The predicted octanol–water partition coefficient (Wildman–Crippen LogP) is 4.02. The Balaban J connectivity index is 2.07. The van der Waals surface area contributed by atoms with E-state index in [0.29, 0.717) is 11.1 Å². The van der Waals surface area contributed by atoms with Gasteiger partial charge >= 0.3 is 0 Å². The Morgan fingerprint density at radius 3 is 1.96 bits per heavy atom. The molecule has 3 rings (SSSR count). The zero-order valence-electron chi connectivity index (χ0n) is 13.6. The number of hydrogen-bond acceptors (Lipinski definition) is 4. The molecule has 0 aromatic heterocycles. The zero-order chi connectivity index (χ0) is 18.0. The molecule has 0 spiro atoms. The van der Waals surface area contributed by atoms with Gasteiger partial charge in [-0.05, 0) is 23.6 Å². The zero-order valence-corrected chi connectivity index (χ0v) is 13.6. The van der Waals surface area contributed by atoms with Crippen LogP contribution in [0.4, 0.5) is 0 Å². The number of rotatable bonds is 3. The van der Waals surface area contributed by atoms with Gasteiger partial charge < -0.3 is 10.2 Å². The number of ketones is 2. The maximum absolute atomic E-state index is 12.6. The molecule has 4 nitrogen and oxygen atoms in total. The number of benzene rings is 2. The summed E-state index contributed by atoms with van der Waals surface area (Å²) in [6.45, 7) is 1.62. The van der Waals surface area contributed by atoms with Crippen LogP contribution in [0.1, 0.15) is 18.1 Å². The summed E-state index contributed by atoms with van der Waals surface area (Å²) in [5.74, 6) is -2.82. The molecule has 0 heterocycles. The Labute approximate surface area is 145 Å². The molecule has 0 radical (unpaired) electrons. The van der Waals surface area contributed by atoms with Crippen LogP contribution in [0.2, 0.25) is 0 Å². The van der Waals surface area contributed by atoms with Crippen molar-refractivity contribution in [1.82, 2.24) is 0 Å². The third-order valence-corrected chi connectivity index (χ3v) is 4.00. The fourth-order valence-electron chi connectivity index (χ4n) is 2.79. The van der Waals surface area contributed by atoms with E-state index < -0.39 is 23.1 Å². The first-order valence-corrected chi connectivity index (χ1v) is 7.75. The maximum atomic E-state index is 12.6. The smallest absolute Gasteiger partial charge is 0.232 e. The molecular formula is C21H16O4. The number of Topliss-reactive ketones (excluding diaryl/α,β-unsaturated/α-hetero) is 2. The van der Waals surface area contributed by atoms with Crippen molar-refractivity contribution in [3.63, 3.8) is 0 Å². The first-order valence-electron chi connectivity index (χ1n) is 7.75. The van der Waals surface area contributed by atoms with Crippen molar-refractivity contribution in [1.29, 1.82) is 0 Å². The molecule has 1 aliphatic carbocycles. The largest absolute Gasteiger partial charge is 0.504 e. The van der Waals surface area contributed by atoms with Crippen LogP contribution >= 0.6 is 0 Å². The lowest BCUT2D eigenvalue weighted by atomic mass is 9.86. The molecule has 1 aliphatic rings. The van der Waals surface area contributed by atoms with Gasteiger partial charge in [0.1, 0.15) is 0 Å². The summed E-state index contributed by atoms with van der Waals surface area (Å²) >= 11 is 0. The van der Waals surface area contributed by atoms with E-state index in [1.165, 1.54) is 0 Å². The summed E-state index contributed by atoms with van der Waals surface area (Å²) in [7, 11) is 0. The van der Waals surface area contributed by atoms with Crippen molar-refractivity contribution in [2.45, 2.75) is 6.92 Å². The Kier molecular flexibility index (Phi) is 4.35. The number of aliphatic hydroxyl groups is 2. The Morgan fingerprint density at radius 2 is 1.36 bits per heavy atom. The van der Waals surface area contributed by atoms with E-state index in [-0.39, 0.29) is 11.1 Å². The van der Waals surface area contributed by atoms with Crippen molar-refractivity contribution in [3.05, 3.63) is 94.5 Å². The lowest BCUT2D eigenvalue weighted by molar-refractivity contribution is -0.118. The quantitative estimate of drug-likeness (QED) is 0.833. The van der Waals surface area contributed by atoms with Gasteiger partial charge in [-0.2, -0.15) is 0 Å². The minimum absolute atomic E-state index is 0.175. The second kappa shape index (κ2) is 6.61. The topological polar surface area (TPSA) is 74.6 Å². The summed E-state index contributed by atoms with van der Waals surface area (Å²) in [5, 5.41) is 20.6. The number of hydrogen-bond donors (Lipinski definition) is 2. The highest BCUT2D eigenvalue weighted by molar-refractivity contribution is 6.38. The number of carbonyl (C=O) groups is 2. The molecule has 0 bridgehead atoms. The first-order chi connectivity index (χ1) is 12.0. The van der Waals surface area contributed by atoms with Crippen molar-refractivity contribution in [3.8, 4) is 0 Å². The molecule has 2 N–H and O–H groups in total. The maximum Gasteiger partial charge on any atom is 0.232 e. The van der Waals surface area contributed by atoms with Gasteiger partial charge in [-0.3, -0.25) is 9.59 Å². The molecule has 0 unspecified atom stereocenters. The van der Waals surface area contributed by atoms with Crippen LogP contribution in [0.15, 0.2) is 83.3 Å². The van der Waals surface area contributed by atoms with Gasteiger partial charge in [0.05, 0.1) is 11.1 Å². The standard InChI is InChI=1S/C21H16O4/c1-13(12-14-8-4-2-5-9-14)16-18(22)20(24)17(21(25)19(16)23)15-10-6-3-7-11-15/h2-12,22,25H,1H3. The highest BCUT2D eigenvalue weighted by Gasteiger charge is 2.36. The van der Waals surface area contributed by atoms with Gasteiger partial charge in [0.25, 0.3) is 0 Å². The summed E-state index contributed by atoms with van der Waals surface area (Å²) in [6, 6.07) is 17.5. The lowest BCUT2D eigenvalue weighted by Gasteiger charge is -2.18. The van der Waals surface area contributed by atoms with Crippen molar-refractivity contribution in [2.24, 2.45) is 0 Å². The summed E-state index contributed by atoms with van der Waals surface area (Å²) < 4.78 is 0. The minimum Gasteiger partial charge on any atom is -0.504 e. The van der Waals surface area contributed by atoms with Crippen LogP contribution in [0.25, 0.3) is 11.6 Å². The third-order valence-electron chi connectivity index (χ3n) is 4.00. The SMILES string of the molecule is CC(=Cc1ccccc1)C1=C(O)C(=O)C(c2ccccc2)=C(O)C1=O. The number of carbonyl (C=O) groups excluding carboxylic acids is 2. The van der Waals surface area contributed by atoms with Crippen LogP contribution < -0.4 is 0 Å². The van der Waals surface area contributed by atoms with Gasteiger partial charge in [0, 0.05) is 0 Å². The molecule has 0 atom stereocenters. The van der Waals surface area contributed by atoms with E-state index >= 15 is 0 Å². The Hall–Kier alpha value is -3.40. The predicted molar refractivity (Wildman–Crippen MR) is 95.8 cm³/mol. The summed E-state index contributed by atoms with van der Waals surface area (Å²) in [5.41, 5.74) is 1.25. The van der Waals surface area contributed by atoms with Crippen LogP contribution in [-0.2, 0) is 9.59 Å². The Bertz CT molecular complexity index is 932. The second-order valence-corrected chi connectivity index (χ2v) is 5.71. The van der Waals surface area contributed by atoms with Crippen LogP contribution in [0.3, 0.4) is 0 Å². The Morgan fingerprint density at radius 1 is 0.800 bits per heavy atom. The highest BCUT2D eigenvalue weighted by atomic mass is 16.3. The van der Waals surface area contributed by atoms with E-state index in [2.05, 4.69) is 0 Å². The van der Waals surface area contributed by atoms with Crippen molar-refractivity contribution in [2.75, 3.05) is 0 Å². The molecule has 0 aliphatic heterocycles. The molecule has 0 saturated heterocycles. The fraction of sp³-hybridized carbons (Fsp3) is 0.0476. The van der Waals surface area contributed by atoms with E-state index in [1.807, 2.05) is 30.3 Å². The van der Waals surface area contributed by atoms with E-state index in [0.717, 1.165) is 5.56 Å². The molecule has 0 saturated carbocycles. The van der Waals surface area contributed by atoms with Gasteiger partial charge in [0.15, 0.2) is 11.5 Å². The van der Waals surface area contributed by atoms with Crippen molar-refractivity contribution >= 4 is 23.2 Å². The molecule has 0 amide bonds. The van der Waals surface area contributed by atoms with E-state index in [1.54, 1.807) is 43.3 Å². The fourth-order valence-corrected chi connectivity index (χ4v) is 2.79. The normalized spacial score (nSPS) is 15.8. The average molecular weight is 332 g/mol. The first kappa shape index (κ1) is 16.5. The minimum atomic E-state index is -0.765. The third kappa shape index (κ3) is 3.02. The molecule has 25 heavy (non-hydrogen) atoms. The molecule has 4 heteroatoms. The molecule has 2 aromatic carbocycles. The summed E-state index contributed by atoms with van der Waals surface area (Å²) in [4.78, 5) is 25.1. The van der Waals surface area contributed by atoms with Crippen LogP contribution in [-0.4, -0.2) is 21.8 Å². The van der Waals surface area contributed by atoms with Gasteiger partial charge in [0.2, 0.25) is 11.6 Å². The van der Waals surface area contributed by atoms with E-state index in [9.17, 15) is 19.8 Å². The lowest BCUT2D eigenvalue weighted by Crippen LogP contribution is -2.24. The number of allylic oxidation sites excluding steroid dienone is 3. The average Bonchev–Trinajstić information content (AvgIpc) is 2.62. The van der Waals surface area contributed by atoms with Crippen LogP contribution in [0, 0.1) is 0 Å². The molecule has 0 fully saturated rings. The monoisotopic (exact) mass is 332 g/mol.